The Kier molecular flexibility index (Phi) is 10.5. The molecule has 4 aromatic rings. The van der Waals surface area contributed by atoms with Gasteiger partial charge in [0.2, 0.25) is 5.91 Å². The van der Waals surface area contributed by atoms with Crippen molar-refractivity contribution in [3.63, 3.8) is 0 Å². The summed E-state index contributed by atoms with van der Waals surface area (Å²) in [5.74, 6) is 0.0116. The molecule has 45 heavy (non-hydrogen) atoms. The van der Waals surface area contributed by atoms with Gasteiger partial charge < -0.3 is 34.3 Å². The monoisotopic (exact) mass is 724 g/mol. The standard InChI is InChI=1S/C34H33IN2O8/c1-43-27-11-5-2-8-21(27)14-16-37(33(41)24-18-22-9-3-6-12-28(22)45-34(24)42)26-19-23(32(40)36-15-17-38)20-30(31(26)39)44-29-13-7-4-10-25(29)35/h2-13,18,20,26,30-31,38-39H,14-17,19H2,1H3,(H,36,40)/t26-,30+,31+/m1/s1. The first-order chi connectivity index (χ1) is 21.8. The molecule has 0 bridgehead atoms. The lowest BCUT2D eigenvalue weighted by atomic mass is 9.87. The third kappa shape index (κ3) is 7.38. The summed E-state index contributed by atoms with van der Waals surface area (Å²) in [6.45, 7) is -0.150. The summed E-state index contributed by atoms with van der Waals surface area (Å²) >= 11 is 2.12. The molecular formula is C34H33IN2O8. The Morgan fingerprint density at radius 3 is 2.51 bits per heavy atom. The lowest BCUT2D eigenvalue weighted by Gasteiger charge is -2.40. The topological polar surface area (TPSA) is 139 Å². The highest BCUT2D eigenvalue weighted by Crippen LogP contribution is 2.31. The summed E-state index contributed by atoms with van der Waals surface area (Å²) in [6, 6.07) is 22.0. The zero-order valence-electron chi connectivity index (χ0n) is 24.5. The molecule has 234 valence electrons. The van der Waals surface area contributed by atoms with Crippen LogP contribution in [0.15, 0.2) is 99.7 Å². The number of halogens is 1. The first-order valence-corrected chi connectivity index (χ1v) is 15.5. The zero-order chi connectivity index (χ0) is 31.9. The second-order valence-electron chi connectivity index (χ2n) is 10.5. The molecule has 0 spiro atoms. The van der Waals surface area contributed by atoms with Gasteiger partial charge in [0.1, 0.15) is 34.9 Å². The predicted molar refractivity (Wildman–Crippen MR) is 176 cm³/mol. The maximum Gasteiger partial charge on any atom is 0.349 e. The Morgan fingerprint density at radius 2 is 1.76 bits per heavy atom. The molecule has 0 saturated heterocycles. The van der Waals surface area contributed by atoms with E-state index in [1.165, 1.54) is 11.0 Å². The molecule has 0 unspecified atom stereocenters. The summed E-state index contributed by atoms with van der Waals surface area (Å²) in [7, 11) is 1.56. The fraction of sp³-hybridized carbons (Fsp3) is 0.265. The summed E-state index contributed by atoms with van der Waals surface area (Å²) in [5, 5.41) is 24.3. The van der Waals surface area contributed by atoms with Crippen LogP contribution in [0.2, 0.25) is 0 Å². The minimum atomic E-state index is -1.27. The molecule has 3 N–H and O–H groups in total. The van der Waals surface area contributed by atoms with E-state index >= 15 is 0 Å². The molecule has 5 rings (SSSR count). The van der Waals surface area contributed by atoms with E-state index in [2.05, 4.69) is 27.9 Å². The van der Waals surface area contributed by atoms with Crippen molar-refractivity contribution >= 4 is 45.4 Å². The second kappa shape index (κ2) is 14.7. The lowest BCUT2D eigenvalue weighted by molar-refractivity contribution is -0.118. The van der Waals surface area contributed by atoms with Crippen LogP contribution >= 0.6 is 22.6 Å². The van der Waals surface area contributed by atoms with Crippen LogP contribution in [0.4, 0.5) is 0 Å². The van der Waals surface area contributed by atoms with Gasteiger partial charge in [0, 0.05) is 30.5 Å². The molecule has 0 fully saturated rings. The highest BCUT2D eigenvalue weighted by atomic mass is 127. The van der Waals surface area contributed by atoms with Gasteiger partial charge in [-0.05, 0) is 71.0 Å². The number of nitrogens with zero attached hydrogens (tertiary/aromatic N) is 1. The first-order valence-electron chi connectivity index (χ1n) is 14.5. The number of methoxy groups -OCH3 is 1. The summed E-state index contributed by atoms with van der Waals surface area (Å²) in [6.07, 6.45) is -0.436. The molecule has 0 radical (unpaired) electrons. The van der Waals surface area contributed by atoms with Crippen molar-refractivity contribution in [1.82, 2.24) is 10.2 Å². The molecule has 10 nitrogen and oxygen atoms in total. The molecule has 0 aliphatic heterocycles. The molecular weight excluding hydrogens is 691 g/mol. The average molecular weight is 725 g/mol. The number of benzene rings is 3. The SMILES string of the molecule is COc1ccccc1CCN(C(=O)c1cc2ccccc2oc1=O)[C@@H]1CC(C(=O)NCCO)=C[C@H](Oc2ccccc2I)[C@H]1O. The van der Waals surface area contributed by atoms with Crippen LogP contribution in [0, 0.1) is 3.57 Å². The molecule has 3 atom stereocenters. The fourth-order valence-corrected chi connectivity index (χ4v) is 5.92. The maximum atomic E-state index is 14.3. The molecule has 0 saturated carbocycles. The fourth-order valence-electron chi connectivity index (χ4n) is 5.40. The van der Waals surface area contributed by atoms with Crippen molar-refractivity contribution < 1.29 is 33.7 Å². The van der Waals surface area contributed by atoms with E-state index in [-0.39, 0.29) is 37.3 Å². The Labute approximate surface area is 273 Å². The van der Waals surface area contributed by atoms with Gasteiger partial charge in [-0.3, -0.25) is 9.59 Å². The third-order valence-corrected chi connectivity index (χ3v) is 8.55. The van der Waals surface area contributed by atoms with Crippen molar-refractivity contribution in [2.75, 3.05) is 26.8 Å². The van der Waals surface area contributed by atoms with Crippen molar-refractivity contribution in [2.24, 2.45) is 0 Å². The van der Waals surface area contributed by atoms with E-state index in [9.17, 15) is 24.6 Å². The molecule has 1 aliphatic rings. The summed E-state index contributed by atoms with van der Waals surface area (Å²) in [5.41, 5.74) is 0.423. The van der Waals surface area contributed by atoms with Crippen LogP contribution in [-0.4, -0.2) is 72.0 Å². The van der Waals surface area contributed by atoms with E-state index in [1.807, 2.05) is 36.4 Å². The number of para-hydroxylation sites is 3. The third-order valence-electron chi connectivity index (χ3n) is 7.66. The van der Waals surface area contributed by atoms with Crippen molar-refractivity contribution in [3.8, 4) is 11.5 Å². The number of aliphatic hydroxyl groups is 2. The minimum absolute atomic E-state index is 0.0270. The van der Waals surface area contributed by atoms with E-state index in [0.717, 1.165) is 9.13 Å². The van der Waals surface area contributed by atoms with E-state index in [1.54, 1.807) is 49.6 Å². The van der Waals surface area contributed by atoms with E-state index in [4.69, 9.17) is 13.9 Å². The van der Waals surface area contributed by atoms with Crippen LogP contribution in [-0.2, 0) is 11.2 Å². The van der Waals surface area contributed by atoms with Gasteiger partial charge in [-0.25, -0.2) is 4.79 Å². The van der Waals surface area contributed by atoms with Crippen LogP contribution in [0.3, 0.4) is 0 Å². The van der Waals surface area contributed by atoms with Gasteiger partial charge in [-0.1, -0.05) is 48.5 Å². The van der Waals surface area contributed by atoms with Gasteiger partial charge in [0.25, 0.3) is 5.91 Å². The van der Waals surface area contributed by atoms with Crippen LogP contribution in [0.5, 0.6) is 11.5 Å². The number of carbonyl (C=O) groups excluding carboxylic acids is 2. The van der Waals surface area contributed by atoms with Gasteiger partial charge in [-0.2, -0.15) is 0 Å². The Hall–Kier alpha value is -4.20. The lowest BCUT2D eigenvalue weighted by Crippen LogP contribution is -2.56. The summed E-state index contributed by atoms with van der Waals surface area (Å²) in [4.78, 5) is 42.1. The van der Waals surface area contributed by atoms with Crippen molar-refractivity contribution in [1.29, 1.82) is 0 Å². The van der Waals surface area contributed by atoms with Gasteiger partial charge in [0.05, 0.1) is 23.3 Å². The molecule has 1 aliphatic carbocycles. The smallest absolute Gasteiger partial charge is 0.349 e. The number of aliphatic hydroxyl groups excluding tert-OH is 2. The maximum absolute atomic E-state index is 14.3. The number of amides is 2. The Bertz CT molecular complexity index is 1770. The number of rotatable bonds is 11. The molecule has 11 heteroatoms. The molecule has 3 aromatic carbocycles. The Balaban J connectivity index is 1.56. The van der Waals surface area contributed by atoms with Gasteiger partial charge in [-0.15, -0.1) is 0 Å². The molecule has 1 heterocycles. The minimum Gasteiger partial charge on any atom is -0.496 e. The Morgan fingerprint density at radius 1 is 1.04 bits per heavy atom. The van der Waals surface area contributed by atoms with Gasteiger partial charge >= 0.3 is 5.63 Å². The summed E-state index contributed by atoms with van der Waals surface area (Å²) < 4.78 is 18.0. The van der Waals surface area contributed by atoms with Gasteiger partial charge in [0.15, 0.2) is 0 Å². The first kappa shape index (κ1) is 32.2. The van der Waals surface area contributed by atoms with Crippen LogP contribution in [0.1, 0.15) is 22.3 Å². The second-order valence-corrected chi connectivity index (χ2v) is 11.7. The zero-order valence-corrected chi connectivity index (χ0v) is 26.7. The van der Waals surface area contributed by atoms with Crippen molar-refractivity contribution in [2.45, 2.75) is 31.1 Å². The van der Waals surface area contributed by atoms with E-state index < -0.39 is 35.7 Å². The quantitative estimate of drug-likeness (QED) is 0.157. The average Bonchev–Trinajstić information content (AvgIpc) is 3.05. The van der Waals surface area contributed by atoms with Crippen molar-refractivity contribution in [3.05, 3.63) is 116 Å². The molecule has 2 amide bonds. The number of nitrogens with one attached hydrogen (secondary N) is 1. The number of fused-ring (bicyclic) bond motifs is 1. The highest BCUT2D eigenvalue weighted by Gasteiger charge is 2.41. The predicted octanol–water partition coefficient (Wildman–Crippen LogP) is 3.71. The number of hydrogen-bond donors (Lipinski definition) is 3. The number of carbonyl (C=O) groups is 2. The number of ether oxygens (including phenoxy) is 2. The van der Waals surface area contributed by atoms with E-state index in [0.29, 0.717) is 28.9 Å². The normalized spacial score (nSPS) is 17.8. The van der Waals surface area contributed by atoms with Crippen LogP contribution < -0.4 is 20.4 Å². The number of hydrogen-bond acceptors (Lipinski definition) is 8. The highest BCUT2D eigenvalue weighted by molar-refractivity contribution is 14.1. The molecule has 1 aromatic heterocycles. The van der Waals surface area contributed by atoms with Crippen LogP contribution in [0.25, 0.3) is 11.0 Å². The largest absolute Gasteiger partial charge is 0.496 e.